The first-order valence-corrected chi connectivity index (χ1v) is 7.84. The molecule has 8 heteroatoms. The molecule has 24 heavy (non-hydrogen) atoms. The van der Waals surface area contributed by atoms with Gasteiger partial charge in [-0.15, -0.1) is 12.4 Å². The number of hydrogen-bond acceptors (Lipinski definition) is 3. The lowest BCUT2D eigenvalue weighted by atomic mass is 10.2. The van der Waals surface area contributed by atoms with Crippen LogP contribution in [0, 0.1) is 0 Å². The van der Waals surface area contributed by atoms with Crippen molar-refractivity contribution in [2.75, 3.05) is 18.9 Å². The van der Waals surface area contributed by atoms with Crippen LogP contribution in [0.2, 0.25) is 10.0 Å². The molecular formula is C16H18Cl3N3O2. The van der Waals surface area contributed by atoms with Gasteiger partial charge in [-0.1, -0.05) is 29.3 Å². The van der Waals surface area contributed by atoms with E-state index in [0.717, 1.165) is 5.56 Å². The van der Waals surface area contributed by atoms with Gasteiger partial charge >= 0.3 is 0 Å². The Bertz CT molecular complexity index is 762. The molecule has 130 valence electrons. The van der Waals surface area contributed by atoms with E-state index in [-0.39, 0.29) is 23.9 Å². The summed E-state index contributed by atoms with van der Waals surface area (Å²) in [6.07, 6.45) is 1.98. The normalized spacial score (nSPS) is 10.1. The first kappa shape index (κ1) is 20.5. The summed E-state index contributed by atoms with van der Waals surface area (Å²) in [6, 6.07) is 8.22. The first-order chi connectivity index (χ1) is 11.0. The third kappa shape index (κ3) is 5.83. The highest BCUT2D eigenvalue weighted by atomic mass is 35.5. The summed E-state index contributed by atoms with van der Waals surface area (Å²) in [5.41, 5.74) is 1.26. The highest BCUT2D eigenvalue weighted by molar-refractivity contribution is 6.42. The summed E-state index contributed by atoms with van der Waals surface area (Å²) in [6.45, 7) is 0.935. The van der Waals surface area contributed by atoms with Gasteiger partial charge in [-0.2, -0.15) is 0 Å². The highest BCUT2D eigenvalue weighted by Crippen LogP contribution is 2.22. The van der Waals surface area contributed by atoms with Gasteiger partial charge in [0.25, 0.3) is 5.56 Å². The highest BCUT2D eigenvalue weighted by Gasteiger charge is 2.05. The molecule has 0 atom stereocenters. The van der Waals surface area contributed by atoms with Crippen molar-refractivity contribution in [2.45, 2.75) is 13.0 Å². The summed E-state index contributed by atoms with van der Waals surface area (Å²) >= 11 is 11.9. The van der Waals surface area contributed by atoms with Crippen LogP contribution >= 0.6 is 35.6 Å². The quantitative estimate of drug-likeness (QED) is 0.796. The van der Waals surface area contributed by atoms with Crippen molar-refractivity contribution in [1.82, 2.24) is 9.88 Å². The molecule has 2 aromatic rings. The number of hydrogen-bond donors (Lipinski definition) is 2. The van der Waals surface area contributed by atoms with Crippen molar-refractivity contribution in [2.24, 2.45) is 0 Å². The van der Waals surface area contributed by atoms with E-state index in [9.17, 15) is 9.59 Å². The zero-order valence-corrected chi connectivity index (χ0v) is 15.3. The van der Waals surface area contributed by atoms with Gasteiger partial charge in [-0.3, -0.25) is 9.59 Å². The Morgan fingerprint density at radius 2 is 1.92 bits per heavy atom. The number of anilines is 1. The van der Waals surface area contributed by atoms with Gasteiger partial charge in [0.05, 0.1) is 22.3 Å². The van der Waals surface area contributed by atoms with Crippen LogP contribution in [-0.2, 0) is 11.3 Å². The molecule has 0 aliphatic heterocycles. The Balaban J connectivity index is 0.00000288. The van der Waals surface area contributed by atoms with Crippen LogP contribution in [0.15, 0.2) is 41.3 Å². The van der Waals surface area contributed by atoms with Crippen LogP contribution < -0.4 is 16.2 Å². The van der Waals surface area contributed by atoms with Gasteiger partial charge < -0.3 is 15.2 Å². The van der Waals surface area contributed by atoms with Gasteiger partial charge in [-0.05, 0) is 30.8 Å². The first-order valence-electron chi connectivity index (χ1n) is 7.08. The van der Waals surface area contributed by atoms with Crippen molar-refractivity contribution in [3.05, 3.63) is 62.5 Å². The summed E-state index contributed by atoms with van der Waals surface area (Å²) in [5, 5.41) is 6.58. The maximum absolute atomic E-state index is 12.0. The van der Waals surface area contributed by atoms with Gasteiger partial charge in [-0.25, -0.2) is 0 Å². The Labute approximate surface area is 156 Å². The van der Waals surface area contributed by atoms with E-state index in [1.807, 2.05) is 0 Å². The van der Waals surface area contributed by atoms with E-state index in [0.29, 0.717) is 35.2 Å². The number of halogens is 3. The van der Waals surface area contributed by atoms with Crippen molar-refractivity contribution in [3.8, 4) is 0 Å². The number of benzene rings is 1. The Kier molecular flexibility index (Phi) is 8.28. The minimum absolute atomic E-state index is 0. The smallest absolute Gasteiger partial charge is 0.250 e. The van der Waals surface area contributed by atoms with Crippen molar-refractivity contribution >= 4 is 47.2 Å². The van der Waals surface area contributed by atoms with Gasteiger partial charge in [0.15, 0.2) is 0 Å². The monoisotopic (exact) mass is 389 g/mol. The number of rotatable bonds is 6. The van der Waals surface area contributed by atoms with Crippen molar-refractivity contribution < 1.29 is 4.79 Å². The van der Waals surface area contributed by atoms with Crippen LogP contribution in [0.5, 0.6) is 0 Å². The number of amides is 1. The average Bonchev–Trinajstić information content (AvgIpc) is 2.52. The molecule has 0 saturated carbocycles. The molecule has 2 N–H and O–H groups in total. The molecule has 0 aliphatic rings. The Morgan fingerprint density at radius 3 is 2.58 bits per heavy atom. The number of carbonyl (C=O) groups excluding carboxylic acids is 1. The molecule has 5 nitrogen and oxygen atoms in total. The van der Waals surface area contributed by atoms with Crippen LogP contribution in [0.4, 0.5) is 5.69 Å². The molecule has 2 rings (SSSR count). The maximum atomic E-state index is 12.0. The van der Waals surface area contributed by atoms with Crippen LogP contribution in [0.3, 0.4) is 0 Å². The van der Waals surface area contributed by atoms with E-state index in [1.54, 1.807) is 37.5 Å². The largest absolute Gasteiger partial charge is 0.325 e. The molecular weight excluding hydrogens is 373 g/mol. The lowest BCUT2D eigenvalue weighted by molar-refractivity contribution is -0.116. The molecule has 1 heterocycles. The summed E-state index contributed by atoms with van der Waals surface area (Å²) in [4.78, 5) is 23.7. The third-order valence-electron chi connectivity index (χ3n) is 3.21. The van der Waals surface area contributed by atoms with E-state index in [4.69, 9.17) is 23.2 Å². The molecule has 1 aromatic carbocycles. The zero-order chi connectivity index (χ0) is 16.8. The number of carbonyl (C=O) groups is 1. The molecule has 0 aliphatic carbocycles. The van der Waals surface area contributed by atoms with E-state index in [2.05, 4.69) is 10.6 Å². The second-order valence-electron chi connectivity index (χ2n) is 5.03. The third-order valence-corrected chi connectivity index (χ3v) is 3.95. The summed E-state index contributed by atoms with van der Waals surface area (Å²) in [5.74, 6) is -0.112. The molecule has 0 spiro atoms. The number of pyridine rings is 1. The fourth-order valence-electron chi connectivity index (χ4n) is 2.03. The predicted octanol–water partition coefficient (Wildman–Crippen LogP) is 3.17. The molecule has 0 saturated heterocycles. The Morgan fingerprint density at radius 1 is 1.17 bits per heavy atom. The summed E-state index contributed by atoms with van der Waals surface area (Å²) < 4.78 is 1.51. The number of nitrogens with one attached hydrogen (secondary N) is 2. The topological polar surface area (TPSA) is 63.1 Å². The number of nitrogens with zero attached hydrogens (tertiary/aromatic N) is 1. The Hall–Kier alpha value is -1.53. The van der Waals surface area contributed by atoms with Gasteiger partial charge in [0.2, 0.25) is 5.91 Å². The SMILES string of the molecule is CNCCC(=O)Nc1ccc(=O)n(Cc2ccc(Cl)c(Cl)c2)c1.Cl. The van der Waals surface area contributed by atoms with Crippen molar-refractivity contribution in [3.63, 3.8) is 0 Å². The molecule has 1 amide bonds. The molecule has 1 aromatic heterocycles. The van der Waals surface area contributed by atoms with Gasteiger partial charge in [0, 0.05) is 25.2 Å². The van der Waals surface area contributed by atoms with E-state index in [1.165, 1.54) is 10.6 Å². The molecule has 0 radical (unpaired) electrons. The molecule has 0 unspecified atom stereocenters. The maximum Gasteiger partial charge on any atom is 0.250 e. The zero-order valence-electron chi connectivity index (χ0n) is 13.0. The molecule has 0 fully saturated rings. The minimum Gasteiger partial charge on any atom is -0.325 e. The second kappa shape index (κ2) is 9.69. The fraction of sp³-hybridized carbons (Fsp3) is 0.250. The van der Waals surface area contributed by atoms with Gasteiger partial charge in [0.1, 0.15) is 0 Å². The summed E-state index contributed by atoms with van der Waals surface area (Å²) in [7, 11) is 1.78. The standard InChI is InChI=1S/C16H17Cl2N3O2.ClH/c1-19-7-6-15(22)20-12-3-5-16(23)21(10-12)9-11-2-4-13(17)14(18)8-11;/h2-5,8,10,19H,6-7,9H2,1H3,(H,20,22);1H. The lowest BCUT2D eigenvalue weighted by Gasteiger charge is -2.10. The average molecular weight is 391 g/mol. The molecule has 0 bridgehead atoms. The fourth-order valence-corrected chi connectivity index (χ4v) is 2.35. The number of aromatic nitrogens is 1. The van der Waals surface area contributed by atoms with Crippen molar-refractivity contribution in [1.29, 1.82) is 0 Å². The second-order valence-corrected chi connectivity index (χ2v) is 5.85. The van der Waals surface area contributed by atoms with E-state index >= 15 is 0 Å². The van der Waals surface area contributed by atoms with Crippen LogP contribution in [0.1, 0.15) is 12.0 Å². The predicted molar refractivity (Wildman–Crippen MR) is 101 cm³/mol. The van der Waals surface area contributed by atoms with Crippen LogP contribution in [-0.4, -0.2) is 24.1 Å². The lowest BCUT2D eigenvalue weighted by Crippen LogP contribution is -2.22. The van der Waals surface area contributed by atoms with Crippen LogP contribution in [0.25, 0.3) is 0 Å². The minimum atomic E-state index is -0.163. The van der Waals surface area contributed by atoms with E-state index < -0.39 is 0 Å².